The van der Waals surface area contributed by atoms with E-state index in [1.165, 1.54) is 26.8 Å². The molecule has 0 aliphatic heterocycles. The van der Waals surface area contributed by atoms with Crippen LogP contribution in [-0.2, 0) is 42.6 Å². The van der Waals surface area contributed by atoms with Gasteiger partial charge < -0.3 is 23.4 Å². The molecule has 0 amide bonds. The molecule has 2 aromatic rings. The minimum absolute atomic E-state index is 0.0354. The normalized spacial score (nSPS) is 14.5. The van der Waals surface area contributed by atoms with Gasteiger partial charge in [-0.05, 0) is 43.1 Å². The summed E-state index contributed by atoms with van der Waals surface area (Å²) in [6, 6.07) is 19.6. The number of hydrogen-bond acceptors (Lipinski definition) is 9. The molecule has 10 heteroatoms. The Morgan fingerprint density at radius 1 is 0.683 bits per heavy atom. The molecule has 0 saturated heterocycles. The minimum atomic E-state index is -3.05. The average Bonchev–Trinajstić information content (AvgIpc) is 2.94. The van der Waals surface area contributed by atoms with Crippen LogP contribution in [0, 0.1) is 0 Å². The van der Waals surface area contributed by atoms with Crippen LogP contribution in [0.2, 0.25) is 5.04 Å². The van der Waals surface area contributed by atoms with Crippen LogP contribution in [0.5, 0.6) is 0 Å². The molecule has 0 aromatic heterocycles. The van der Waals surface area contributed by atoms with E-state index in [1.807, 2.05) is 60.7 Å². The summed E-state index contributed by atoms with van der Waals surface area (Å²) < 4.78 is 27.1. The van der Waals surface area contributed by atoms with E-state index in [4.69, 9.17) is 23.4 Å². The second kappa shape index (κ2) is 14.7. The molecule has 222 valence electrons. The molecule has 4 atom stereocenters. The molecular formula is C31H40O9Si. The third-order valence-corrected chi connectivity index (χ3v) is 11.4. The van der Waals surface area contributed by atoms with Gasteiger partial charge in [0.1, 0.15) is 12.7 Å². The summed E-state index contributed by atoms with van der Waals surface area (Å²) in [6.45, 7) is 15.2. The lowest BCUT2D eigenvalue weighted by Gasteiger charge is -2.44. The van der Waals surface area contributed by atoms with Crippen molar-refractivity contribution in [1.82, 2.24) is 0 Å². The maximum Gasteiger partial charge on any atom is 0.347 e. The van der Waals surface area contributed by atoms with Gasteiger partial charge in [0.25, 0.3) is 8.32 Å². The van der Waals surface area contributed by atoms with E-state index in [1.54, 1.807) is 6.92 Å². The quantitative estimate of drug-likeness (QED) is 0.151. The van der Waals surface area contributed by atoms with Crippen LogP contribution in [0.4, 0.5) is 0 Å². The summed E-state index contributed by atoms with van der Waals surface area (Å²) in [5.41, 5.74) is 0. The van der Waals surface area contributed by atoms with Crippen LogP contribution in [-0.4, -0.2) is 63.2 Å². The number of benzene rings is 2. The van der Waals surface area contributed by atoms with E-state index in [9.17, 15) is 19.2 Å². The van der Waals surface area contributed by atoms with Gasteiger partial charge in [-0.3, -0.25) is 0 Å². The monoisotopic (exact) mass is 584 g/mol. The highest BCUT2D eigenvalue weighted by atomic mass is 28.4. The Kier molecular flexibility index (Phi) is 12.0. The van der Waals surface area contributed by atoms with Crippen molar-refractivity contribution in [2.75, 3.05) is 6.61 Å². The first-order valence-electron chi connectivity index (χ1n) is 13.4. The summed E-state index contributed by atoms with van der Waals surface area (Å²) in [6.07, 6.45) is -3.55. The lowest BCUT2D eigenvalue weighted by atomic mass is 10.2. The molecule has 0 bridgehead atoms. The number of esters is 4. The number of rotatable bonds is 13. The van der Waals surface area contributed by atoms with Crippen molar-refractivity contribution in [3.63, 3.8) is 0 Å². The predicted octanol–water partition coefficient (Wildman–Crippen LogP) is 3.48. The molecule has 0 saturated carbocycles. The topological polar surface area (TPSA) is 114 Å². The van der Waals surface area contributed by atoms with Crippen molar-refractivity contribution in [3.05, 3.63) is 73.3 Å². The van der Waals surface area contributed by atoms with E-state index in [0.717, 1.165) is 10.4 Å². The van der Waals surface area contributed by atoms with Crippen molar-refractivity contribution < 1.29 is 42.6 Å². The zero-order valence-corrected chi connectivity index (χ0v) is 25.7. The number of carbonyl (C=O) groups excluding carboxylic acids is 4. The highest BCUT2D eigenvalue weighted by Crippen LogP contribution is 2.37. The Morgan fingerprint density at radius 3 is 1.41 bits per heavy atom. The van der Waals surface area contributed by atoms with Gasteiger partial charge in [0, 0.05) is 0 Å². The van der Waals surface area contributed by atoms with E-state index in [0.29, 0.717) is 0 Å². The largest absolute Gasteiger partial charge is 0.459 e. The summed E-state index contributed by atoms with van der Waals surface area (Å²) in [5.74, 6) is -3.43. The maximum absolute atomic E-state index is 13.2. The number of carbonyl (C=O) groups is 4. The molecule has 0 aliphatic rings. The smallest absolute Gasteiger partial charge is 0.347 e. The van der Waals surface area contributed by atoms with Crippen molar-refractivity contribution in [1.29, 1.82) is 0 Å². The number of ether oxygens (including phenoxy) is 4. The minimum Gasteiger partial charge on any atom is -0.459 e. The Balaban J connectivity index is 2.13. The highest BCUT2D eigenvalue weighted by Gasteiger charge is 2.52. The third-order valence-electron chi connectivity index (χ3n) is 6.32. The van der Waals surface area contributed by atoms with Gasteiger partial charge in [0.2, 0.25) is 0 Å². The first-order chi connectivity index (χ1) is 19.2. The molecule has 0 fully saturated rings. The van der Waals surface area contributed by atoms with Crippen molar-refractivity contribution in [3.8, 4) is 0 Å². The molecular weight excluding hydrogens is 544 g/mol. The van der Waals surface area contributed by atoms with Crippen molar-refractivity contribution in [2.24, 2.45) is 0 Å². The summed E-state index contributed by atoms with van der Waals surface area (Å²) in [7, 11) is -3.05. The maximum atomic E-state index is 13.2. The highest BCUT2D eigenvalue weighted by molar-refractivity contribution is 6.99. The fourth-order valence-corrected chi connectivity index (χ4v) is 8.86. The molecule has 0 aliphatic carbocycles. The lowest BCUT2D eigenvalue weighted by Crippen LogP contribution is -2.68. The predicted molar refractivity (Wildman–Crippen MR) is 156 cm³/mol. The summed E-state index contributed by atoms with van der Waals surface area (Å²) in [4.78, 5) is 49.9. The van der Waals surface area contributed by atoms with E-state index in [2.05, 4.69) is 27.4 Å². The molecule has 0 unspecified atom stereocenters. The van der Waals surface area contributed by atoms with Gasteiger partial charge >= 0.3 is 23.9 Å². The van der Waals surface area contributed by atoms with Crippen LogP contribution in [0.3, 0.4) is 0 Å². The average molecular weight is 585 g/mol. The van der Waals surface area contributed by atoms with Crippen LogP contribution in [0.15, 0.2) is 73.3 Å². The molecule has 41 heavy (non-hydrogen) atoms. The van der Waals surface area contributed by atoms with Gasteiger partial charge in [0.05, 0.1) is 0 Å². The van der Waals surface area contributed by atoms with Crippen LogP contribution >= 0.6 is 0 Å². The molecule has 9 nitrogen and oxygen atoms in total. The van der Waals surface area contributed by atoms with E-state index in [-0.39, 0.29) is 11.6 Å². The van der Waals surface area contributed by atoms with Crippen molar-refractivity contribution >= 4 is 42.6 Å². The Morgan fingerprint density at radius 2 is 1.05 bits per heavy atom. The van der Waals surface area contributed by atoms with Gasteiger partial charge in [-0.25, -0.2) is 19.2 Å². The second-order valence-corrected chi connectivity index (χ2v) is 14.8. The third kappa shape index (κ3) is 8.61. The van der Waals surface area contributed by atoms with Gasteiger partial charge in [0.15, 0.2) is 18.3 Å². The van der Waals surface area contributed by atoms with Gasteiger partial charge in [-0.15, -0.1) is 0 Å². The van der Waals surface area contributed by atoms with Crippen molar-refractivity contribution in [2.45, 2.75) is 77.9 Å². The SMILES string of the molecule is C=CCOC(=O)[C@H](C)OC(=O)[C@H](C)OC(=O)[C@H](C)OC(=O)[C@H](C)O[Si](c1ccccc1)(c1ccccc1)C(C)(C)C. The molecule has 2 rings (SSSR count). The fourth-order valence-electron chi connectivity index (χ4n) is 4.22. The summed E-state index contributed by atoms with van der Waals surface area (Å²) >= 11 is 0. The van der Waals surface area contributed by atoms with Crippen LogP contribution in [0.25, 0.3) is 0 Å². The Labute approximate surface area is 242 Å². The second-order valence-electron chi connectivity index (χ2n) is 10.6. The molecule has 0 spiro atoms. The zero-order chi connectivity index (χ0) is 30.8. The van der Waals surface area contributed by atoms with E-state index < -0.39 is 56.6 Å². The standard InChI is InChI=1S/C31H40O9Si/c1-9-20-36-27(32)21(2)37-28(33)22(3)38-29(34)23(4)39-30(35)24(5)40-41(31(6,7)8,25-16-12-10-13-17-25)26-18-14-11-15-19-26/h9-19,21-24H,1,20H2,2-8H3/t21-,22-,23-,24-/m0/s1. The van der Waals surface area contributed by atoms with E-state index >= 15 is 0 Å². The Bertz CT molecular complexity index is 1150. The Hall–Kier alpha value is -3.76. The molecule has 0 N–H and O–H groups in total. The van der Waals surface area contributed by atoms with Gasteiger partial charge in [-0.2, -0.15) is 0 Å². The molecule has 2 aromatic carbocycles. The first-order valence-corrected chi connectivity index (χ1v) is 15.3. The van der Waals surface area contributed by atoms with Crippen LogP contribution in [0.1, 0.15) is 48.5 Å². The zero-order valence-electron chi connectivity index (χ0n) is 24.7. The lowest BCUT2D eigenvalue weighted by molar-refractivity contribution is -0.183. The first kappa shape index (κ1) is 33.4. The number of hydrogen-bond donors (Lipinski definition) is 0. The molecule has 0 radical (unpaired) electrons. The molecule has 0 heterocycles. The van der Waals surface area contributed by atoms with Crippen LogP contribution < -0.4 is 10.4 Å². The summed E-state index contributed by atoms with van der Waals surface area (Å²) in [5, 5.41) is 1.60. The van der Waals surface area contributed by atoms with Gasteiger partial charge in [-0.1, -0.05) is 94.1 Å². The fraction of sp³-hybridized carbons (Fsp3) is 0.419.